The predicted octanol–water partition coefficient (Wildman–Crippen LogP) is 5.59. The molecule has 1 amide bonds. The molecule has 0 saturated heterocycles. The summed E-state index contributed by atoms with van der Waals surface area (Å²) in [6.07, 6.45) is 3.19. The lowest BCUT2D eigenvalue weighted by molar-refractivity contribution is -0.112. The van der Waals surface area contributed by atoms with Gasteiger partial charge in [-0.2, -0.15) is 0 Å². The number of carbonyl (C=O) groups is 1. The summed E-state index contributed by atoms with van der Waals surface area (Å²) in [5.74, 6) is 0.0759. The van der Waals surface area contributed by atoms with E-state index in [1.54, 1.807) is 17.8 Å². The van der Waals surface area contributed by atoms with Crippen LogP contribution in [-0.4, -0.2) is 30.2 Å². The molecule has 1 aliphatic heterocycles. The van der Waals surface area contributed by atoms with Gasteiger partial charge in [0.15, 0.2) is 0 Å². The molecule has 34 heavy (non-hydrogen) atoms. The van der Waals surface area contributed by atoms with Crippen LogP contribution in [0.3, 0.4) is 0 Å². The molecule has 0 bridgehead atoms. The van der Waals surface area contributed by atoms with Gasteiger partial charge in [0.05, 0.1) is 11.4 Å². The van der Waals surface area contributed by atoms with Crippen molar-refractivity contribution >= 4 is 46.8 Å². The van der Waals surface area contributed by atoms with E-state index in [0.29, 0.717) is 12.4 Å². The number of hydrogen-bond donors (Lipinski definition) is 1. The zero-order valence-corrected chi connectivity index (χ0v) is 19.6. The minimum atomic E-state index is -0.336. The molecule has 5 rings (SSSR count). The van der Waals surface area contributed by atoms with Gasteiger partial charge in [-0.05, 0) is 48.0 Å². The molecule has 8 heteroatoms. The van der Waals surface area contributed by atoms with Gasteiger partial charge in [0.2, 0.25) is 5.89 Å². The van der Waals surface area contributed by atoms with Crippen LogP contribution in [0.1, 0.15) is 11.5 Å². The number of fused-ring (bicyclic) bond motifs is 2. The van der Waals surface area contributed by atoms with Gasteiger partial charge < -0.3 is 14.2 Å². The summed E-state index contributed by atoms with van der Waals surface area (Å²) in [6, 6.07) is 24.4. The topological polar surface area (TPSA) is 74.5 Å². The molecule has 0 unspecified atom stereocenters. The highest BCUT2D eigenvalue weighted by Crippen LogP contribution is 2.48. The Morgan fingerprint density at radius 1 is 0.971 bits per heavy atom. The summed E-state index contributed by atoms with van der Waals surface area (Å²) in [7, 11) is 3.97. The molecule has 0 saturated carbocycles. The fraction of sp³-hybridized carbons (Fsp3) is 0.115. The van der Waals surface area contributed by atoms with E-state index in [0.717, 1.165) is 32.4 Å². The molecule has 0 radical (unpaired) electrons. The minimum Gasteiger partial charge on any atom is -0.406 e. The molecular formula is C26H23N5O2S. The van der Waals surface area contributed by atoms with Crippen molar-refractivity contribution in [1.82, 2.24) is 10.2 Å². The van der Waals surface area contributed by atoms with Gasteiger partial charge in [-0.1, -0.05) is 53.3 Å². The first kappa shape index (κ1) is 21.8. The summed E-state index contributed by atoms with van der Waals surface area (Å²) < 4.78 is 5.74. The van der Waals surface area contributed by atoms with Gasteiger partial charge in [-0.15, -0.1) is 5.10 Å². The third kappa shape index (κ3) is 4.67. The Hall–Kier alpha value is -4.04. The molecule has 0 aliphatic carbocycles. The van der Waals surface area contributed by atoms with Gasteiger partial charge in [0.25, 0.3) is 5.91 Å². The van der Waals surface area contributed by atoms with Crippen molar-refractivity contribution < 1.29 is 9.21 Å². The van der Waals surface area contributed by atoms with E-state index >= 15 is 0 Å². The number of anilines is 4. The van der Waals surface area contributed by atoms with Crippen LogP contribution in [0.2, 0.25) is 0 Å². The molecule has 170 valence electrons. The Labute approximate surface area is 202 Å². The second-order valence-corrected chi connectivity index (χ2v) is 9.02. The Bertz CT molecular complexity index is 1300. The molecule has 0 atom stereocenters. The number of nitrogens with zero attached hydrogens (tertiary/aromatic N) is 4. The van der Waals surface area contributed by atoms with E-state index in [4.69, 9.17) is 4.42 Å². The number of para-hydroxylation sites is 2. The molecule has 0 spiro atoms. The highest BCUT2D eigenvalue weighted by atomic mass is 32.2. The normalized spacial score (nSPS) is 12.4. The highest BCUT2D eigenvalue weighted by Gasteiger charge is 2.24. The van der Waals surface area contributed by atoms with Crippen molar-refractivity contribution in [3.8, 4) is 0 Å². The molecule has 4 aromatic rings. The van der Waals surface area contributed by atoms with Crippen molar-refractivity contribution in [3.05, 3.63) is 90.3 Å². The van der Waals surface area contributed by atoms with Crippen LogP contribution in [0.5, 0.6) is 0 Å². The summed E-state index contributed by atoms with van der Waals surface area (Å²) in [5, 5.41) is 10.8. The Morgan fingerprint density at radius 2 is 1.62 bits per heavy atom. The van der Waals surface area contributed by atoms with Gasteiger partial charge >= 0.3 is 6.01 Å². The Kier molecular flexibility index (Phi) is 6.05. The Morgan fingerprint density at radius 3 is 2.26 bits per heavy atom. The minimum absolute atomic E-state index is 0.0700. The fourth-order valence-corrected chi connectivity index (χ4v) is 4.75. The summed E-state index contributed by atoms with van der Waals surface area (Å²) in [4.78, 5) is 18.8. The number of hydrogen-bond acceptors (Lipinski definition) is 7. The summed E-state index contributed by atoms with van der Waals surface area (Å²) >= 11 is 1.74. The average molecular weight is 470 g/mol. The maximum atomic E-state index is 12.3. The smallest absolute Gasteiger partial charge is 0.322 e. The van der Waals surface area contributed by atoms with E-state index < -0.39 is 0 Å². The first-order valence-corrected chi connectivity index (χ1v) is 11.6. The van der Waals surface area contributed by atoms with Gasteiger partial charge in [-0.25, -0.2) is 0 Å². The van der Waals surface area contributed by atoms with Crippen molar-refractivity contribution in [2.45, 2.75) is 16.3 Å². The number of carbonyl (C=O) groups excluding carboxylic acids is 1. The molecule has 0 fully saturated rings. The quantitative estimate of drug-likeness (QED) is 0.369. The summed E-state index contributed by atoms with van der Waals surface area (Å²) in [5.41, 5.74) is 4.18. The van der Waals surface area contributed by atoms with Crippen LogP contribution in [0.15, 0.2) is 93.1 Å². The van der Waals surface area contributed by atoms with Crippen LogP contribution < -0.4 is 15.1 Å². The van der Waals surface area contributed by atoms with E-state index in [1.165, 1.54) is 6.08 Å². The number of nitrogens with one attached hydrogen (secondary N) is 1. The lowest BCUT2D eigenvalue weighted by Gasteiger charge is -2.31. The number of benzene rings is 3. The van der Waals surface area contributed by atoms with Crippen LogP contribution in [-0.2, 0) is 11.3 Å². The molecular weight excluding hydrogens is 446 g/mol. The van der Waals surface area contributed by atoms with Crippen molar-refractivity contribution in [1.29, 1.82) is 0 Å². The molecule has 1 N–H and O–H groups in total. The van der Waals surface area contributed by atoms with Crippen LogP contribution in [0.4, 0.5) is 23.1 Å². The molecule has 1 aromatic heterocycles. The van der Waals surface area contributed by atoms with Crippen LogP contribution >= 0.6 is 11.8 Å². The maximum absolute atomic E-state index is 12.3. The Balaban J connectivity index is 1.27. The van der Waals surface area contributed by atoms with Gasteiger partial charge in [0, 0.05) is 35.6 Å². The standard InChI is InChI=1S/C26H23N5O2S/c1-30(2)19-14-11-18(12-15-19)13-16-24(32)27-26-29-28-25(33-26)17-31-20-7-3-5-9-22(20)34-23-10-6-4-8-21(23)31/h3-16H,17H2,1-2H3,(H,27,29,32)/b16-13+. The van der Waals surface area contributed by atoms with E-state index in [9.17, 15) is 4.79 Å². The molecule has 2 heterocycles. The van der Waals surface area contributed by atoms with Crippen LogP contribution in [0.25, 0.3) is 6.08 Å². The maximum Gasteiger partial charge on any atom is 0.322 e. The van der Waals surface area contributed by atoms with Crippen molar-refractivity contribution in [2.24, 2.45) is 0 Å². The third-order valence-electron chi connectivity index (χ3n) is 5.36. The third-order valence-corrected chi connectivity index (χ3v) is 6.49. The molecule has 1 aliphatic rings. The molecule has 3 aromatic carbocycles. The largest absolute Gasteiger partial charge is 0.406 e. The van der Waals surface area contributed by atoms with Gasteiger partial charge in [-0.3, -0.25) is 10.1 Å². The van der Waals surface area contributed by atoms with Gasteiger partial charge in [0.1, 0.15) is 6.54 Å². The first-order valence-electron chi connectivity index (χ1n) is 10.8. The predicted molar refractivity (Wildman–Crippen MR) is 136 cm³/mol. The van der Waals surface area contributed by atoms with Crippen LogP contribution in [0, 0.1) is 0 Å². The van der Waals surface area contributed by atoms with E-state index in [1.807, 2.05) is 67.5 Å². The number of rotatable bonds is 6. The monoisotopic (exact) mass is 469 g/mol. The zero-order valence-electron chi connectivity index (χ0n) is 18.8. The lowest BCUT2D eigenvalue weighted by atomic mass is 10.2. The number of aromatic nitrogens is 2. The molecule has 7 nitrogen and oxygen atoms in total. The lowest BCUT2D eigenvalue weighted by Crippen LogP contribution is -2.20. The zero-order chi connectivity index (χ0) is 23.5. The van der Waals surface area contributed by atoms with E-state index in [-0.39, 0.29) is 11.9 Å². The first-order chi connectivity index (χ1) is 16.6. The summed E-state index contributed by atoms with van der Waals surface area (Å²) in [6.45, 7) is 0.394. The van der Waals surface area contributed by atoms with Crippen molar-refractivity contribution in [3.63, 3.8) is 0 Å². The second-order valence-electron chi connectivity index (χ2n) is 7.93. The second kappa shape index (κ2) is 9.44. The average Bonchev–Trinajstić information content (AvgIpc) is 3.29. The van der Waals surface area contributed by atoms with E-state index in [2.05, 4.69) is 44.7 Å². The van der Waals surface area contributed by atoms with Crippen molar-refractivity contribution in [2.75, 3.05) is 29.2 Å². The SMILES string of the molecule is CN(C)c1ccc(/C=C/C(=O)Nc2nnc(CN3c4ccccc4Sc4ccccc43)o2)cc1. The number of amides is 1. The fourth-order valence-electron chi connectivity index (χ4n) is 3.66. The highest BCUT2D eigenvalue weighted by molar-refractivity contribution is 7.99.